The minimum absolute atomic E-state index is 0.0713. The predicted octanol–water partition coefficient (Wildman–Crippen LogP) is 3.74. The highest BCUT2D eigenvalue weighted by atomic mass is 16.1. The molecule has 24 heavy (non-hydrogen) atoms. The van der Waals surface area contributed by atoms with Crippen LogP contribution >= 0.6 is 0 Å². The number of hydrogen-bond donors (Lipinski definition) is 2. The van der Waals surface area contributed by atoms with Gasteiger partial charge in [0.15, 0.2) is 0 Å². The van der Waals surface area contributed by atoms with Gasteiger partial charge in [-0.3, -0.25) is 9.78 Å². The molecule has 128 valence electrons. The zero-order valence-electron chi connectivity index (χ0n) is 15.2. The average Bonchev–Trinajstić information content (AvgIpc) is 3.24. The van der Waals surface area contributed by atoms with E-state index < -0.39 is 0 Å². The summed E-state index contributed by atoms with van der Waals surface area (Å²) in [5.41, 5.74) is 4.00. The standard InChI is InChI=1S/C19H26N4O/c1-12(2)16(14(4)17(20-6)23-19(5)9-10-19)18(24)22-15-8-7-13(3)21-11-15/h7-8,11,23H,6,9-10H2,1-5H3,(H,22,24)/b17-14-. The first kappa shape index (κ1) is 17.9. The number of hydrogen-bond acceptors (Lipinski definition) is 4. The van der Waals surface area contributed by atoms with Crippen molar-refractivity contribution in [3.05, 3.63) is 46.6 Å². The van der Waals surface area contributed by atoms with Gasteiger partial charge in [-0.15, -0.1) is 0 Å². The second-order valence-electron chi connectivity index (χ2n) is 6.83. The van der Waals surface area contributed by atoms with E-state index in [0.717, 1.165) is 29.7 Å². The molecule has 1 aliphatic rings. The van der Waals surface area contributed by atoms with E-state index >= 15 is 0 Å². The summed E-state index contributed by atoms with van der Waals surface area (Å²) in [6.45, 7) is 13.5. The van der Waals surface area contributed by atoms with Gasteiger partial charge in [0, 0.05) is 22.4 Å². The Morgan fingerprint density at radius 3 is 2.42 bits per heavy atom. The molecule has 0 bridgehead atoms. The fraction of sp³-hybridized carbons (Fsp3) is 0.421. The summed E-state index contributed by atoms with van der Waals surface area (Å²) in [5.74, 6) is 0.505. The minimum atomic E-state index is -0.165. The quantitative estimate of drug-likeness (QED) is 0.475. The Labute approximate surface area is 144 Å². The van der Waals surface area contributed by atoms with E-state index in [4.69, 9.17) is 0 Å². The minimum Gasteiger partial charge on any atom is -0.365 e. The van der Waals surface area contributed by atoms with Crippen LogP contribution in [0.1, 0.15) is 46.2 Å². The van der Waals surface area contributed by atoms with Gasteiger partial charge in [-0.1, -0.05) is 5.57 Å². The monoisotopic (exact) mass is 326 g/mol. The van der Waals surface area contributed by atoms with Crippen molar-refractivity contribution >= 4 is 18.3 Å². The van der Waals surface area contributed by atoms with Gasteiger partial charge in [0.2, 0.25) is 0 Å². The third-order valence-electron chi connectivity index (χ3n) is 4.20. The molecule has 0 radical (unpaired) electrons. The summed E-state index contributed by atoms with van der Waals surface area (Å²) < 4.78 is 0. The number of carbonyl (C=O) groups is 1. The maximum atomic E-state index is 12.8. The highest BCUT2D eigenvalue weighted by Gasteiger charge is 2.38. The Kier molecular flexibility index (Phi) is 5.22. The molecule has 0 saturated heterocycles. The Morgan fingerprint density at radius 2 is 1.96 bits per heavy atom. The molecule has 1 aliphatic carbocycles. The number of nitrogens with zero attached hydrogens (tertiary/aromatic N) is 2. The first-order chi connectivity index (χ1) is 11.3. The van der Waals surface area contributed by atoms with Gasteiger partial charge < -0.3 is 10.6 Å². The van der Waals surface area contributed by atoms with E-state index in [9.17, 15) is 4.79 Å². The molecular formula is C19H26N4O. The molecule has 5 nitrogen and oxygen atoms in total. The number of aliphatic imine (C=N–C) groups is 1. The third-order valence-corrected chi connectivity index (χ3v) is 4.20. The van der Waals surface area contributed by atoms with Gasteiger partial charge in [0.05, 0.1) is 11.9 Å². The third kappa shape index (κ3) is 4.31. The SMILES string of the molecule is C=N/C(NC1(C)CC1)=C(\C)C(C(=O)Nc1ccc(C)nc1)=C(C)C. The van der Waals surface area contributed by atoms with Gasteiger partial charge in [0.25, 0.3) is 5.91 Å². The molecule has 1 heterocycles. The number of nitrogens with one attached hydrogen (secondary N) is 2. The number of allylic oxidation sites excluding steroid dienone is 1. The lowest BCUT2D eigenvalue weighted by molar-refractivity contribution is -0.112. The van der Waals surface area contributed by atoms with Crippen molar-refractivity contribution in [1.82, 2.24) is 10.3 Å². The van der Waals surface area contributed by atoms with Gasteiger partial charge in [-0.05, 0) is 66.3 Å². The van der Waals surface area contributed by atoms with Crippen LogP contribution in [0.4, 0.5) is 5.69 Å². The maximum absolute atomic E-state index is 12.8. The zero-order chi connectivity index (χ0) is 17.9. The predicted molar refractivity (Wildman–Crippen MR) is 99.0 cm³/mol. The molecule has 1 saturated carbocycles. The molecular weight excluding hydrogens is 300 g/mol. The van der Waals surface area contributed by atoms with E-state index in [1.54, 1.807) is 6.20 Å². The summed E-state index contributed by atoms with van der Waals surface area (Å²) in [4.78, 5) is 21.1. The van der Waals surface area contributed by atoms with E-state index in [1.165, 1.54) is 0 Å². The Morgan fingerprint density at radius 1 is 1.29 bits per heavy atom. The highest BCUT2D eigenvalue weighted by molar-refractivity contribution is 6.07. The van der Waals surface area contributed by atoms with Crippen LogP contribution in [0.15, 0.2) is 45.9 Å². The Balaban J connectivity index is 2.27. The fourth-order valence-electron chi connectivity index (χ4n) is 2.48. The lowest BCUT2D eigenvalue weighted by Crippen LogP contribution is -2.28. The Bertz CT molecular complexity index is 705. The summed E-state index contributed by atoms with van der Waals surface area (Å²) in [7, 11) is 0. The second-order valence-corrected chi connectivity index (χ2v) is 6.83. The molecule has 1 aromatic heterocycles. The van der Waals surface area contributed by atoms with Crippen molar-refractivity contribution in [3.8, 4) is 0 Å². The fourth-order valence-corrected chi connectivity index (χ4v) is 2.48. The molecule has 2 N–H and O–H groups in total. The zero-order valence-corrected chi connectivity index (χ0v) is 15.2. The second kappa shape index (κ2) is 6.99. The Hall–Kier alpha value is -2.43. The van der Waals surface area contributed by atoms with Crippen molar-refractivity contribution in [3.63, 3.8) is 0 Å². The van der Waals surface area contributed by atoms with Gasteiger partial charge in [-0.25, -0.2) is 4.99 Å². The van der Waals surface area contributed by atoms with Crippen molar-refractivity contribution in [1.29, 1.82) is 0 Å². The topological polar surface area (TPSA) is 66.4 Å². The van der Waals surface area contributed by atoms with Crippen molar-refractivity contribution in [2.75, 3.05) is 5.32 Å². The van der Waals surface area contributed by atoms with Crippen LogP contribution in [0.2, 0.25) is 0 Å². The average molecular weight is 326 g/mol. The summed E-state index contributed by atoms with van der Waals surface area (Å²) >= 11 is 0. The first-order valence-corrected chi connectivity index (χ1v) is 8.13. The van der Waals surface area contributed by atoms with Crippen LogP contribution in [0.5, 0.6) is 0 Å². The molecule has 1 aromatic rings. The molecule has 0 aromatic carbocycles. The normalized spacial score (nSPS) is 15.9. The highest BCUT2D eigenvalue weighted by Crippen LogP contribution is 2.36. The molecule has 1 fully saturated rings. The van der Waals surface area contributed by atoms with Crippen LogP contribution in [-0.4, -0.2) is 23.1 Å². The van der Waals surface area contributed by atoms with Crippen LogP contribution in [0.3, 0.4) is 0 Å². The largest absolute Gasteiger partial charge is 0.365 e. The molecule has 0 spiro atoms. The van der Waals surface area contributed by atoms with Gasteiger partial charge in [0.1, 0.15) is 5.82 Å². The van der Waals surface area contributed by atoms with Crippen molar-refractivity contribution < 1.29 is 4.79 Å². The molecule has 2 rings (SSSR count). The molecule has 0 aliphatic heterocycles. The number of pyridine rings is 1. The van der Waals surface area contributed by atoms with Crippen LogP contribution in [0, 0.1) is 6.92 Å². The number of aromatic nitrogens is 1. The molecule has 5 heteroatoms. The van der Waals surface area contributed by atoms with Gasteiger partial charge in [-0.2, -0.15) is 0 Å². The van der Waals surface area contributed by atoms with E-state index in [0.29, 0.717) is 17.1 Å². The summed E-state index contributed by atoms with van der Waals surface area (Å²) in [6.07, 6.45) is 3.86. The van der Waals surface area contributed by atoms with Crippen LogP contribution < -0.4 is 10.6 Å². The lowest BCUT2D eigenvalue weighted by Gasteiger charge is -2.18. The van der Waals surface area contributed by atoms with E-state index in [1.807, 2.05) is 39.8 Å². The summed E-state index contributed by atoms with van der Waals surface area (Å²) in [6, 6.07) is 3.71. The number of amides is 1. The van der Waals surface area contributed by atoms with Gasteiger partial charge >= 0.3 is 0 Å². The summed E-state index contributed by atoms with van der Waals surface area (Å²) in [5, 5.41) is 6.31. The van der Waals surface area contributed by atoms with E-state index in [2.05, 4.69) is 34.3 Å². The smallest absolute Gasteiger partial charge is 0.256 e. The van der Waals surface area contributed by atoms with Crippen molar-refractivity contribution in [2.45, 2.75) is 53.0 Å². The lowest BCUT2D eigenvalue weighted by atomic mass is 10.0. The molecule has 1 amide bonds. The van der Waals surface area contributed by atoms with E-state index in [-0.39, 0.29) is 11.4 Å². The maximum Gasteiger partial charge on any atom is 0.256 e. The number of carbonyl (C=O) groups excluding carboxylic acids is 1. The van der Waals surface area contributed by atoms with Crippen molar-refractivity contribution in [2.24, 2.45) is 4.99 Å². The number of anilines is 1. The molecule has 0 atom stereocenters. The first-order valence-electron chi connectivity index (χ1n) is 8.13. The number of aryl methyl sites for hydroxylation is 1. The number of rotatable bonds is 6. The van der Waals surface area contributed by atoms with Crippen LogP contribution in [-0.2, 0) is 4.79 Å². The molecule has 0 unspecified atom stereocenters. The van der Waals surface area contributed by atoms with Crippen LogP contribution in [0.25, 0.3) is 0 Å².